The predicted octanol–water partition coefficient (Wildman–Crippen LogP) is 3.21. The van der Waals surface area contributed by atoms with Gasteiger partial charge < -0.3 is 0 Å². The van der Waals surface area contributed by atoms with E-state index in [1.807, 2.05) is 0 Å². The van der Waals surface area contributed by atoms with Crippen LogP contribution in [0.5, 0.6) is 0 Å². The van der Waals surface area contributed by atoms with Crippen LogP contribution in [0.4, 0.5) is 0 Å². The standard InChI is InChI=1S/C10H14/c1-2-5-9(6-3-1)10-7-4-8-10/h5,7H,1-4,6,8H2. The smallest absolute Gasteiger partial charge is 0.0244 e. The van der Waals surface area contributed by atoms with E-state index in [4.69, 9.17) is 0 Å². The van der Waals surface area contributed by atoms with Gasteiger partial charge in [-0.1, -0.05) is 12.2 Å². The van der Waals surface area contributed by atoms with Gasteiger partial charge in [-0.15, -0.1) is 0 Å². The zero-order chi connectivity index (χ0) is 6.81. The lowest BCUT2D eigenvalue weighted by Gasteiger charge is -2.20. The maximum Gasteiger partial charge on any atom is -0.0244 e. The highest BCUT2D eigenvalue weighted by molar-refractivity contribution is 5.36. The first-order chi connectivity index (χ1) is 4.97. The van der Waals surface area contributed by atoms with E-state index in [0.717, 1.165) is 0 Å². The second-order valence-electron chi connectivity index (χ2n) is 3.24. The minimum absolute atomic E-state index is 1.33. The molecule has 0 aromatic rings. The second kappa shape index (κ2) is 2.61. The Morgan fingerprint density at radius 1 is 0.800 bits per heavy atom. The van der Waals surface area contributed by atoms with E-state index < -0.39 is 0 Å². The molecule has 0 aromatic carbocycles. The predicted molar refractivity (Wildman–Crippen MR) is 43.9 cm³/mol. The molecule has 0 heteroatoms. The second-order valence-corrected chi connectivity index (χ2v) is 3.24. The van der Waals surface area contributed by atoms with Crippen molar-refractivity contribution in [1.29, 1.82) is 0 Å². The van der Waals surface area contributed by atoms with Gasteiger partial charge in [0.15, 0.2) is 0 Å². The Morgan fingerprint density at radius 2 is 1.60 bits per heavy atom. The topological polar surface area (TPSA) is 0 Å². The summed E-state index contributed by atoms with van der Waals surface area (Å²) in [4.78, 5) is 0. The van der Waals surface area contributed by atoms with Crippen molar-refractivity contribution in [3.05, 3.63) is 23.3 Å². The summed E-state index contributed by atoms with van der Waals surface area (Å²) in [6, 6.07) is 0. The van der Waals surface area contributed by atoms with Gasteiger partial charge in [-0.25, -0.2) is 0 Å². The van der Waals surface area contributed by atoms with Gasteiger partial charge >= 0.3 is 0 Å². The lowest BCUT2D eigenvalue weighted by molar-refractivity contribution is 0.690. The molecule has 0 heterocycles. The van der Waals surface area contributed by atoms with E-state index in [1.165, 1.54) is 38.5 Å². The van der Waals surface area contributed by atoms with Gasteiger partial charge in [0.25, 0.3) is 0 Å². The van der Waals surface area contributed by atoms with Crippen molar-refractivity contribution in [2.24, 2.45) is 0 Å². The summed E-state index contributed by atoms with van der Waals surface area (Å²) in [5, 5.41) is 0. The largest absolute Gasteiger partial charge is 0.0811 e. The maximum absolute atomic E-state index is 2.44. The Kier molecular flexibility index (Phi) is 1.62. The van der Waals surface area contributed by atoms with Gasteiger partial charge in [-0.3, -0.25) is 0 Å². The van der Waals surface area contributed by atoms with E-state index >= 15 is 0 Å². The third kappa shape index (κ3) is 1.03. The summed E-state index contributed by atoms with van der Waals surface area (Å²) >= 11 is 0. The molecular formula is C10H14. The minimum atomic E-state index is 1.33. The average molecular weight is 134 g/mol. The van der Waals surface area contributed by atoms with Crippen LogP contribution < -0.4 is 0 Å². The van der Waals surface area contributed by atoms with E-state index in [-0.39, 0.29) is 0 Å². The van der Waals surface area contributed by atoms with Gasteiger partial charge in [-0.05, 0) is 49.7 Å². The van der Waals surface area contributed by atoms with Crippen LogP contribution in [0.3, 0.4) is 0 Å². The molecule has 0 amide bonds. The first-order valence-corrected chi connectivity index (χ1v) is 4.35. The van der Waals surface area contributed by atoms with E-state index in [0.29, 0.717) is 0 Å². The SMILES string of the molecule is C1=C(C2=CCCCC2)CC1. The van der Waals surface area contributed by atoms with E-state index in [1.54, 1.807) is 11.1 Å². The Labute approximate surface area is 62.6 Å². The molecule has 0 bridgehead atoms. The van der Waals surface area contributed by atoms with E-state index in [9.17, 15) is 0 Å². The van der Waals surface area contributed by atoms with Crippen LogP contribution in [0.15, 0.2) is 23.3 Å². The van der Waals surface area contributed by atoms with Gasteiger partial charge in [0.2, 0.25) is 0 Å². The molecule has 2 rings (SSSR count). The first kappa shape index (κ1) is 6.21. The van der Waals surface area contributed by atoms with Gasteiger partial charge in [0.05, 0.1) is 0 Å². The molecule has 0 saturated heterocycles. The number of hydrogen-bond donors (Lipinski definition) is 0. The summed E-state index contributed by atoms with van der Waals surface area (Å²) in [5.74, 6) is 0. The fourth-order valence-corrected chi connectivity index (χ4v) is 1.71. The third-order valence-corrected chi connectivity index (χ3v) is 2.51. The highest BCUT2D eigenvalue weighted by Crippen LogP contribution is 2.31. The molecule has 0 fully saturated rings. The van der Waals surface area contributed by atoms with Crippen LogP contribution in [-0.4, -0.2) is 0 Å². The normalized spacial score (nSPS) is 24.8. The van der Waals surface area contributed by atoms with Crippen molar-refractivity contribution in [2.45, 2.75) is 38.5 Å². The Hall–Kier alpha value is -0.520. The number of hydrogen-bond acceptors (Lipinski definition) is 0. The Balaban J connectivity index is 2.08. The highest BCUT2D eigenvalue weighted by Gasteiger charge is 2.12. The van der Waals surface area contributed by atoms with Crippen molar-refractivity contribution >= 4 is 0 Å². The van der Waals surface area contributed by atoms with Crippen molar-refractivity contribution in [1.82, 2.24) is 0 Å². The molecule has 0 spiro atoms. The molecule has 0 radical (unpaired) electrons. The third-order valence-electron chi connectivity index (χ3n) is 2.51. The molecule has 0 aliphatic heterocycles. The Bertz CT molecular complexity index is 184. The molecule has 0 unspecified atom stereocenters. The van der Waals surface area contributed by atoms with Crippen molar-refractivity contribution in [3.63, 3.8) is 0 Å². The summed E-state index contributed by atoms with van der Waals surface area (Å²) in [6.07, 6.45) is 13.0. The van der Waals surface area contributed by atoms with Crippen LogP contribution in [-0.2, 0) is 0 Å². The zero-order valence-corrected chi connectivity index (χ0v) is 6.40. The van der Waals surface area contributed by atoms with Crippen molar-refractivity contribution in [2.75, 3.05) is 0 Å². The summed E-state index contributed by atoms with van der Waals surface area (Å²) in [6.45, 7) is 0. The van der Waals surface area contributed by atoms with Gasteiger partial charge in [-0.2, -0.15) is 0 Å². The summed E-state index contributed by atoms with van der Waals surface area (Å²) in [5.41, 5.74) is 3.32. The van der Waals surface area contributed by atoms with Gasteiger partial charge in [0.1, 0.15) is 0 Å². The quantitative estimate of drug-likeness (QED) is 0.516. The van der Waals surface area contributed by atoms with Crippen LogP contribution in [0.2, 0.25) is 0 Å². The Morgan fingerprint density at radius 3 is 2.10 bits per heavy atom. The lowest BCUT2D eigenvalue weighted by atomic mass is 9.85. The fourth-order valence-electron chi connectivity index (χ4n) is 1.71. The van der Waals surface area contributed by atoms with Crippen molar-refractivity contribution < 1.29 is 0 Å². The first-order valence-electron chi connectivity index (χ1n) is 4.35. The summed E-state index contributed by atoms with van der Waals surface area (Å²) < 4.78 is 0. The fraction of sp³-hybridized carbons (Fsp3) is 0.600. The molecule has 2 aliphatic carbocycles. The van der Waals surface area contributed by atoms with Crippen molar-refractivity contribution in [3.8, 4) is 0 Å². The van der Waals surface area contributed by atoms with Gasteiger partial charge in [0, 0.05) is 0 Å². The minimum Gasteiger partial charge on any atom is -0.0811 e. The maximum atomic E-state index is 2.44. The van der Waals surface area contributed by atoms with Crippen LogP contribution >= 0.6 is 0 Å². The molecular weight excluding hydrogens is 120 g/mol. The monoisotopic (exact) mass is 134 g/mol. The van der Waals surface area contributed by atoms with Crippen LogP contribution in [0.1, 0.15) is 38.5 Å². The molecule has 0 nitrogen and oxygen atoms in total. The molecule has 2 aliphatic rings. The summed E-state index contributed by atoms with van der Waals surface area (Å²) in [7, 11) is 0. The van der Waals surface area contributed by atoms with Crippen LogP contribution in [0.25, 0.3) is 0 Å². The molecule has 0 N–H and O–H groups in total. The molecule has 10 heavy (non-hydrogen) atoms. The highest BCUT2D eigenvalue weighted by atomic mass is 14.2. The average Bonchev–Trinajstić information content (AvgIpc) is 1.86. The number of allylic oxidation sites excluding steroid dienone is 4. The number of rotatable bonds is 1. The molecule has 54 valence electrons. The van der Waals surface area contributed by atoms with Crippen LogP contribution in [0, 0.1) is 0 Å². The molecule has 0 saturated carbocycles. The van der Waals surface area contributed by atoms with E-state index in [2.05, 4.69) is 12.2 Å². The zero-order valence-electron chi connectivity index (χ0n) is 6.40. The molecule has 0 aromatic heterocycles. The lowest BCUT2D eigenvalue weighted by Crippen LogP contribution is -2.01. The molecule has 0 atom stereocenters.